The first kappa shape index (κ1) is 19.8. The van der Waals surface area contributed by atoms with Crippen LogP contribution in [0.3, 0.4) is 0 Å². The summed E-state index contributed by atoms with van der Waals surface area (Å²) < 4.78 is 32.2. The van der Waals surface area contributed by atoms with Gasteiger partial charge in [-0.1, -0.05) is 30.3 Å². The van der Waals surface area contributed by atoms with Crippen LogP contribution in [-0.2, 0) is 14.8 Å². The number of anilines is 2. The van der Waals surface area contributed by atoms with E-state index < -0.39 is 10.0 Å². The van der Waals surface area contributed by atoms with Gasteiger partial charge in [-0.2, -0.15) is 9.29 Å². The number of hydrogen-bond donors (Lipinski definition) is 0. The van der Waals surface area contributed by atoms with E-state index >= 15 is 0 Å². The van der Waals surface area contributed by atoms with Gasteiger partial charge >= 0.3 is 0 Å². The van der Waals surface area contributed by atoms with Gasteiger partial charge in [0.2, 0.25) is 16.0 Å². The van der Waals surface area contributed by atoms with Gasteiger partial charge in [0.1, 0.15) is 5.82 Å². The lowest BCUT2D eigenvalue weighted by molar-refractivity contribution is 0.122. The fourth-order valence-electron chi connectivity index (χ4n) is 3.42. The normalized spacial score (nSPS) is 19.0. The molecule has 0 spiro atoms. The van der Waals surface area contributed by atoms with Crippen LogP contribution in [0.2, 0.25) is 0 Å². The van der Waals surface area contributed by atoms with Crippen molar-refractivity contribution in [2.24, 2.45) is 0 Å². The van der Waals surface area contributed by atoms with Crippen LogP contribution in [-0.4, -0.2) is 75.2 Å². The van der Waals surface area contributed by atoms with Gasteiger partial charge in [0.25, 0.3) is 0 Å². The molecule has 0 N–H and O–H groups in total. The monoisotopic (exact) mass is 415 g/mol. The van der Waals surface area contributed by atoms with Crippen LogP contribution in [0.15, 0.2) is 48.0 Å². The molecule has 29 heavy (non-hydrogen) atoms. The van der Waals surface area contributed by atoms with E-state index in [-0.39, 0.29) is 0 Å². The summed E-state index contributed by atoms with van der Waals surface area (Å²) in [6, 6.07) is 11.3. The molecule has 4 rings (SSSR count). The molecule has 3 heterocycles. The van der Waals surface area contributed by atoms with E-state index in [0.717, 1.165) is 24.5 Å². The first-order valence-electron chi connectivity index (χ1n) is 9.76. The van der Waals surface area contributed by atoms with E-state index in [4.69, 9.17) is 4.74 Å². The first-order chi connectivity index (χ1) is 14.1. The summed E-state index contributed by atoms with van der Waals surface area (Å²) in [6.07, 6.45) is 3.40. The molecule has 0 amide bonds. The smallest absolute Gasteiger partial charge is 0.236 e. The second kappa shape index (κ2) is 8.89. The highest BCUT2D eigenvalue weighted by atomic mass is 32.2. The van der Waals surface area contributed by atoms with Crippen molar-refractivity contribution in [3.8, 4) is 0 Å². The SMILES string of the molecule is O=S(=O)(/C=C/c1ccccc1)N1CCN(c2ccnc(N3CCOCC3)n2)CC1. The Balaban J connectivity index is 1.38. The predicted octanol–water partition coefficient (Wildman–Crippen LogP) is 1.44. The fourth-order valence-corrected chi connectivity index (χ4v) is 4.59. The van der Waals surface area contributed by atoms with Gasteiger partial charge < -0.3 is 14.5 Å². The number of rotatable bonds is 5. The van der Waals surface area contributed by atoms with Crippen molar-refractivity contribution in [3.05, 3.63) is 53.6 Å². The summed E-state index contributed by atoms with van der Waals surface area (Å²) in [7, 11) is -3.44. The van der Waals surface area contributed by atoms with Crippen molar-refractivity contribution in [2.75, 3.05) is 62.3 Å². The van der Waals surface area contributed by atoms with Crippen molar-refractivity contribution in [3.63, 3.8) is 0 Å². The molecule has 0 unspecified atom stereocenters. The number of aromatic nitrogens is 2. The van der Waals surface area contributed by atoms with Gasteiger partial charge in [0.15, 0.2) is 0 Å². The minimum absolute atomic E-state index is 0.429. The van der Waals surface area contributed by atoms with Gasteiger partial charge in [-0.3, -0.25) is 0 Å². The molecule has 1 aromatic heterocycles. The molecular formula is C20H25N5O3S. The topological polar surface area (TPSA) is 78.9 Å². The maximum atomic E-state index is 12.6. The fraction of sp³-hybridized carbons (Fsp3) is 0.400. The number of piperazine rings is 1. The highest BCUT2D eigenvalue weighted by Crippen LogP contribution is 2.19. The minimum atomic E-state index is -3.44. The van der Waals surface area contributed by atoms with Gasteiger partial charge in [-0.15, -0.1) is 0 Å². The van der Waals surface area contributed by atoms with Crippen molar-refractivity contribution in [1.29, 1.82) is 0 Å². The molecule has 154 valence electrons. The van der Waals surface area contributed by atoms with Crippen LogP contribution >= 0.6 is 0 Å². The number of sulfonamides is 1. The molecule has 0 atom stereocenters. The summed E-state index contributed by atoms with van der Waals surface area (Å²) in [5.41, 5.74) is 0.867. The molecule has 2 saturated heterocycles. The Morgan fingerprint density at radius 2 is 1.62 bits per heavy atom. The lowest BCUT2D eigenvalue weighted by Gasteiger charge is -2.34. The summed E-state index contributed by atoms with van der Waals surface area (Å²) in [6.45, 7) is 4.97. The number of morpholine rings is 1. The van der Waals surface area contributed by atoms with E-state index in [1.165, 1.54) is 9.71 Å². The Labute approximate surface area is 171 Å². The van der Waals surface area contributed by atoms with Crippen LogP contribution in [0.25, 0.3) is 6.08 Å². The van der Waals surface area contributed by atoms with Crippen LogP contribution in [0, 0.1) is 0 Å². The zero-order valence-corrected chi connectivity index (χ0v) is 17.0. The molecule has 2 aliphatic heterocycles. The molecule has 0 aliphatic carbocycles. The molecule has 0 bridgehead atoms. The number of hydrogen-bond acceptors (Lipinski definition) is 7. The van der Waals surface area contributed by atoms with E-state index in [1.54, 1.807) is 12.3 Å². The third kappa shape index (κ3) is 4.92. The highest BCUT2D eigenvalue weighted by molar-refractivity contribution is 7.92. The summed E-state index contributed by atoms with van der Waals surface area (Å²) in [4.78, 5) is 13.3. The molecule has 1 aromatic carbocycles. The molecule has 8 nitrogen and oxygen atoms in total. The molecular weight excluding hydrogens is 390 g/mol. The Bertz CT molecular complexity index is 938. The molecule has 2 aliphatic rings. The zero-order valence-electron chi connectivity index (χ0n) is 16.2. The number of nitrogens with zero attached hydrogens (tertiary/aromatic N) is 5. The lowest BCUT2D eigenvalue weighted by Crippen LogP contribution is -2.48. The quantitative estimate of drug-likeness (QED) is 0.731. The molecule has 2 fully saturated rings. The van der Waals surface area contributed by atoms with Crippen molar-refractivity contribution in [1.82, 2.24) is 14.3 Å². The minimum Gasteiger partial charge on any atom is -0.378 e. The average Bonchev–Trinajstić information content (AvgIpc) is 2.79. The van der Waals surface area contributed by atoms with Gasteiger partial charge in [0, 0.05) is 50.9 Å². The highest BCUT2D eigenvalue weighted by Gasteiger charge is 2.26. The van der Waals surface area contributed by atoms with Crippen molar-refractivity contribution < 1.29 is 13.2 Å². The first-order valence-corrected chi connectivity index (χ1v) is 11.3. The van der Waals surface area contributed by atoms with Crippen molar-refractivity contribution >= 4 is 27.9 Å². The molecule has 2 aromatic rings. The molecule has 0 saturated carbocycles. The summed E-state index contributed by atoms with van der Waals surface area (Å²) in [5, 5.41) is 1.29. The standard InChI is InChI=1S/C20H25N5O3S/c26-29(27,17-7-18-4-2-1-3-5-18)25-11-9-23(10-12-25)19-6-8-21-20(22-19)24-13-15-28-16-14-24/h1-8,17H,9-16H2/b17-7+. The van der Waals surface area contributed by atoms with Gasteiger partial charge in [-0.25, -0.2) is 13.4 Å². The van der Waals surface area contributed by atoms with Crippen LogP contribution in [0.4, 0.5) is 11.8 Å². The van der Waals surface area contributed by atoms with E-state index in [1.807, 2.05) is 36.4 Å². The maximum absolute atomic E-state index is 12.6. The maximum Gasteiger partial charge on any atom is 0.236 e. The molecule has 9 heteroatoms. The molecule has 0 radical (unpaired) electrons. The Morgan fingerprint density at radius 1 is 0.897 bits per heavy atom. The van der Waals surface area contributed by atoms with E-state index in [9.17, 15) is 8.42 Å². The van der Waals surface area contributed by atoms with Gasteiger partial charge in [0.05, 0.1) is 13.2 Å². The Kier molecular flexibility index (Phi) is 6.08. The second-order valence-corrected chi connectivity index (χ2v) is 8.78. The lowest BCUT2D eigenvalue weighted by atomic mass is 10.2. The second-order valence-electron chi connectivity index (χ2n) is 6.96. The van der Waals surface area contributed by atoms with Gasteiger partial charge in [-0.05, 0) is 17.7 Å². The van der Waals surface area contributed by atoms with E-state index in [0.29, 0.717) is 45.3 Å². The third-order valence-corrected chi connectivity index (χ3v) is 6.64. The number of ether oxygens (including phenoxy) is 1. The van der Waals surface area contributed by atoms with Crippen LogP contribution in [0.5, 0.6) is 0 Å². The predicted molar refractivity (Wildman–Crippen MR) is 113 cm³/mol. The summed E-state index contributed by atoms with van der Waals surface area (Å²) >= 11 is 0. The Morgan fingerprint density at radius 3 is 2.34 bits per heavy atom. The van der Waals surface area contributed by atoms with Crippen LogP contribution in [0.1, 0.15) is 5.56 Å². The van der Waals surface area contributed by atoms with Crippen molar-refractivity contribution in [2.45, 2.75) is 0 Å². The largest absolute Gasteiger partial charge is 0.378 e. The average molecular weight is 416 g/mol. The zero-order chi connectivity index (χ0) is 20.1. The summed E-state index contributed by atoms with van der Waals surface area (Å²) in [5.74, 6) is 1.53. The Hall–Kier alpha value is -2.49. The van der Waals surface area contributed by atoms with E-state index in [2.05, 4.69) is 19.8 Å². The van der Waals surface area contributed by atoms with Crippen LogP contribution < -0.4 is 9.80 Å². The third-order valence-electron chi connectivity index (χ3n) is 5.08. The number of benzene rings is 1.